The van der Waals surface area contributed by atoms with Crippen LogP contribution in [0.4, 0.5) is 0 Å². The number of hydrogen-bond acceptors (Lipinski definition) is 3. The number of carbonyl (C=O) groups is 1. The van der Waals surface area contributed by atoms with Gasteiger partial charge in [-0.2, -0.15) is 0 Å². The third kappa shape index (κ3) is 2.60. The van der Waals surface area contributed by atoms with E-state index in [0.29, 0.717) is 11.3 Å². The molecule has 1 aromatic heterocycles. The van der Waals surface area contributed by atoms with Crippen LogP contribution < -0.4 is 0 Å². The van der Waals surface area contributed by atoms with Gasteiger partial charge in [0.05, 0.1) is 12.2 Å². The van der Waals surface area contributed by atoms with Crippen LogP contribution in [0.2, 0.25) is 0 Å². The van der Waals surface area contributed by atoms with E-state index in [2.05, 4.69) is 17.3 Å². The molecule has 2 heterocycles. The lowest BCUT2D eigenvalue weighted by molar-refractivity contribution is 0.0736. The molecule has 0 radical (unpaired) electrons. The lowest BCUT2D eigenvalue weighted by Crippen LogP contribution is -2.30. The second-order valence-electron chi connectivity index (χ2n) is 6.00. The second kappa shape index (κ2) is 6.32. The summed E-state index contributed by atoms with van der Waals surface area (Å²) in [5.41, 5.74) is 2.58. The van der Waals surface area contributed by atoms with Gasteiger partial charge in [-0.3, -0.25) is 4.79 Å². The number of likely N-dealkylation sites (tertiary alicyclic amines) is 1. The van der Waals surface area contributed by atoms with Crippen LogP contribution in [0.3, 0.4) is 0 Å². The summed E-state index contributed by atoms with van der Waals surface area (Å²) >= 11 is 0. The molecule has 3 aromatic rings. The topological polar surface area (TPSA) is 46.3 Å². The van der Waals surface area contributed by atoms with E-state index in [4.69, 9.17) is 4.52 Å². The predicted molar refractivity (Wildman–Crippen MR) is 91.4 cm³/mol. The van der Waals surface area contributed by atoms with Gasteiger partial charge in [-0.05, 0) is 18.4 Å². The van der Waals surface area contributed by atoms with Crippen molar-refractivity contribution in [2.24, 2.45) is 0 Å². The molecule has 1 amide bonds. The van der Waals surface area contributed by atoms with Crippen LogP contribution in [0, 0.1) is 0 Å². The van der Waals surface area contributed by atoms with Crippen LogP contribution in [0.15, 0.2) is 71.4 Å². The molecule has 0 saturated carbocycles. The van der Waals surface area contributed by atoms with Gasteiger partial charge in [-0.25, -0.2) is 0 Å². The number of nitrogens with zero attached hydrogens (tertiary/aromatic N) is 2. The number of rotatable bonds is 3. The molecule has 24 heavy (non-hydrogen) atoms. The molecule has 1 unspecified atom stereocenters. The second-order valence-corrected chi connectivity index (χ2v) is 6.00. The molecule has 0 spiro atoms. The number of aromatic nitrogens is 1. The lowest BCUT2D eigenvalue weighted by Gasteiger charge is -2.24. The molecule has 1 fully saturated rings. The first-order valence-corrected chi connectivity index (χ1v) is 8.20. The van der Waals surface area contributed by atoms with Gasteiger partial charge in [0.1, 0.15) is 5.56 Å². The molecular weight excluding hydrogens is 300 g/mol. The molecule has 0 N–H and O–H groups in total. The van der Waals surface area contributed by atoms with E-state index >= 15 is 0 Å². The van der Waals surface area contributed by atoms with Gasteiger partial charge in [0.25, 0.3) is 5.91 Å². The van der Waals surface area contributed by atoms with Gasteiger partial charge in [-0.1, -0.05) is 65.8 Å². The summed E-state index contributed by atoms with van der Waals surface area (Å²) in [4.78, 5) is 15.1. The molecule has 1 atom stereocenters. The van der Waals surface area contributed by atoms with Crippen molar-refractivity contribution in [2.45, 2.75) is 18.9 Å². The highest BCUT2D eigenvalue weighted by atomic mass is 16.5. The summed E-state index contributed by atoms with van der Waals surface area (Å²) in [6.07, 6.45) is 3.53. The Morgan fingerprint density at radius 1 is 1.04 bits per heavy atom. The minimum atomic E-state index is -0.0125. The number of amides is 1. The largest absolute Gasteiger partial charge is 0.355 e. The highest BCUT2D eigenvalue weighted by Gasteiger charge is 2.32. The third-order valence-electron chi connectivity index (χ3n) is 4.53. The quantitative estimate of drug-likeness (QED) is 0.722. The Morgan fingerprint density at radius 3 is 2.50 bits per heavy atom. The highest BCUT2D eigenvalue weighted by Crippen LogP contribution is 2.34. The summed E-state index contributed by atoms with van der Waals surface area (Å²) in [5, 5.41) is 3.87. The van der Waals surface area contributed by atoms with E-state index in [-0.39, 0.29) is 11.9 Å². The van der Waals surface area contributed by atoms with E-state index in [1.54, 1.807) is 0 Å². The van der Waals surface area contributed by atoms with Crippen molar-refractivity contribution in [3.8, 4) is 11.3 Å². The summed E-state index contributed by atoms with van der Waals surface area (Å²) in [6, 6.07) is 20.0. The van der Waals surface area contributed by atoms with E-state index < -0.39 is 0 Å². The molecule has 4 rings (SSSR count). The van der Waals surface area contributed by atoms with Crippen LogP contribution >= 0.6 is 0 Å². The van der Waals surface area contributed by atoms with E-state index in [1.807, 2.05) is 53.4 Å². The van der Waals surface area contributed by atoms with Crippen molar-refractivity contribution in [2.75, 3.05) is 6.54 Å². The summed E-state index contributed by atoms with van der Waals surface area (Å²) in [6.45, 7) is 0.762. The molecule has 4 nitrogen and oxygen atoms in total. The Balaban J connectivity index is 1.66. The number of carbonyl (C=O) groups excluding carboxylic acids is 1. The van der Waals surface area contributed by atoms with Crippen molar-refractivity contribution in [3.63, 3.8) is 0 Å². The minimum Gasteiger partial charge on any atom is -0.355 e. The van der Waals surface area contributed by atoms with Crippen LogP contribution in [-0.4, -0.2) is 22.5 Å². The zero-order chi connectivity index (χ0) is 16.4. The monoisotopic (exact) mass is 318 g/mol. The molecule has 0 aliphatic carbocycles. The Hall–Kier alpha value is -2.88. The fourth-order valence-electron chi connectivity index (χ4n) is 3.38. The Kier molecular flexibility index (Phi) is 3.87. The average molecular weight is 318 g/mol. The molecular formula is C20H18N2O2. The fraction of sp³-hybridized carbons (Fsp3) is 0.200. The summed E-state index contributed by atoms with van der Waals surface area (Å²) in [7, 11) is 0. The number of hydrogen-bond donors (Lipinski definition) is 0. The summed E-state index contributed by atoms with van der Waals surface area (Å²) in [5.74, 6) is 0.528. The molecule has 0 bridgehead atoms. The van der Waals surface area contributed by atoms with Crippen LogP contribution in [0.25, 0.3) is 11.3 Å². The maximum absolute atomic E-state index is 13.1. The number of benzene rings is 2. The smallest absolute Gasteiger partial charge is 0.259 e. The van der Waals surface area contributed by atoms with Gasteiger partial charge < -0.3 is 9.42 Å². The first-order chi connectivity index (χ1) is 11.8. The SMILES string of the molecule is O=C(c1cnoc1-c1ccccc1)N1CCCC1c1ccccc1. The van der Waals surface area contributed by atoms with Crippen molar-refractivity contribution < 1.29 is 9.32 Å². The maximum Gasteiger partial charge on any atom is 0.259 e. The average Bonchev–Trinajstić information content (AvgIpc) is 3.32. The predicted octanol–water partition coefficient (Wildman–Crippen LogP) is 4.32. The Bertz CT molecular complexity index is 827. The molecule has 1 saturated heterocycles. The standard InChI is InChI=1S/C20H18N2O2/c23-20(17-14-21-24-19(17)16-10-5-2-6-11-16)22-13-7-12-18(22)15-8-3-1-4-9-15/h1-6,8-11,14,18H,7,12-13H2. The molecule has 4 heteroatoms. The first kappa shape index (κ1) is 14.7. The van der Waals surface area contributed by atoms with Gasteiger partial charge >= 0.3 is 0 Å². The fourth-order valence-corrected chi connectivity index (χ4v) is 3.38. The third-order valence-corrected chi connectivity index (χ3v) is 4.53. The molecule has 2 aromatic carbocycles. The van der Waals surface area contributed by atoms with Crippen LogP contribution in [0.5, 0.6) is 0 Å². The van der Waals surface area contributed by atoms with E-state index in [0.717, 1.165) is 24.9 Å². The van der Waals surface area contributed by atoms with Crippen molar-refractivity contribution in [1.82, 2.24) is 10.1 Å². The van der Waals surface area contributed by atoms with Crippen LogP contribution in [0.1, 0.15) is 34.8 Å². The zero-order valence-electron chi connectivity index (χ0n) is 13.3. The zero-order valence-corrected chi connectivity index (χ0v) is 13.3. The van der Waals surface area contributed by atoms with Crippen molar-refractivity contribution in [1.29, 1.82) is 0 Å². The first-order valence-electron chi connectivity index (χ1n) is 8.20. The maximum atomic E-state index is 13.1. The van der Waals surface area contributed by atoms with Gasteiger partial charge in [0.2, 0.25) is 0 Å². The van der Waals surface area contributed by atoms with Crippen molar-refractivity contribution in [3.05, 3.63) is 78.0 Å². The highest BCUT2D eigenvalue weighted by molar-refractivity contribution is 5.99. The van der Waals surface area contributed by atoms with Gasteiger partial charge in [0.15, 0.2) is 5.76 Å². The van der Waals surface area contributed by atoms with Crippen LogP contribution in [-0.2, 0) is 0 Å². The molecule has 1 aliphatic heterocycles. The van der Waals surface area contributed by atoms with E-state index in [1.165, 1.54) is 11.8 Å². The molecule has 1 aliphatic rings. The van der Waals surface area contributed by atoms with Gasteiger partial charge in [-0.15, -0.1) is 0 Å². The molecule has 120 valence electrons. The summed E-state index contributed by atoms with van der Waals surface area (Å²) < 4.78 is 5.37. The normalized spacial score (nSPS) is 17.2. The Labute approximate surface area is 140 Å². The van der Waals surface area contributed by atoms with E-state index in [9.17, 15) is 4.79 Å². The van der Waals surface area contributed by atoms with Gasteiger partial charge in [0, 0.05) is 12.1 Å². The Morgan fingerprint density at radius 2 is 1.75 bits per heavy atom. The lowest BCUT2D eigenvalue weighted by atomic mass is 10.0. The minimum absolute atomic E-state index is 0.0125. The van der Waals surface area contributed by atoms with Crippen molar-refractivity contribution >= 4 is 5.91 Å².